The molecule has 32 heavy (non-hydrogen) atoms. The highest BCUT2D eigenvalue weighted by molar-refractivity contribution is 6.18. The Balaban J connectivity index is 1.73. The van der Waals surface area contributed by atoms with Crippen molar-refractivity contribution in [2.45, 2.75) is 51.7 Å². The highest BCUT2D eigenvalue weighted by atomic mass is 16.5. The number of H-pyrrole nitrogens is 1. The molecule has 1 aromatic heterocycles. The lowest BCUT2D eigenvalue weighted by Crippen LogP contribution is -2.54. The average molecular weight is 437 g/mol. The number of ether oxygens (including phenoxy) is 1. The number of aromatic nitrogens is 1. The van der Waals surface area contributed by atoms with Crippen molar-refractivity contribution in [3.8, 4) is 0 Å². The van der Waals surface area contributed by atoms with E-state index in [0.29, 0.717) is 30.8 Å². The molecule has 1 unspecified atom stereocenters. The predicted octanol–water partition coefficient (Wildman–Crippen LogP) is 3.68. The number of hydrogen-bond donors (Lipinski definition) is 3. The molecule has 3 heterocycles. The lowest BCUT2D eigenvalue weighted by molar-refractivity contribution is -0.141. The smallest absolute Gasteiger partial charge is 0.342 e. The number of aromatic amines is 1. The molecule has 1 aromatic carbocycles. The molecule has 7 nitrogen and oxygen atoms in total. The van der Waals surface area contributed by atoms with Crippen molar-refractivity contribution in [3.05, 3.63) is 53.9 Å². The maximum Gasteiger partial charge on any atom is 0.342 e. The number of hydrogen-bond acceptors (Lipinski definition) is 4. The molecule has 3 N–H and O–H groups in total. The molecule has 2 amide bonds. The predicted molar refractivity (Wildman–Crippen MR) is 126 cm³/mol. The third-order valence-corrected chi connectivity index (χ3v) is 6.39. The zero-order valence-electron chi connectivity index (χ0n) is 19.2. The van der Waals surface area contributed by atoms with Crippen LogP contribution in [0.3, 0.4) is 0 Å². The fourth-order valence-corrected chi connectivity index (χ4v) is 4.33. The summed E-state index contributed by atoms with van der Waals surface area (Å²) in [5, 5.41) is 7.26. The Morgan fingerprint density at radius 3 is 2.75 bits per heavy atom. The summed E-state index contributed by atoms with van der Waals surface area (Å²) in [5.41, 5.74) is 3.73. The number of urea groups is 1. The molecule has 0 aliphatic carbocycles. The van der Waals surface area contributed by atoms with E-state index in [-0.39, 0.29) is 18.2 Å². The summed E-state index contributed by atoms with van der Waals surface area (Å²) >= 11 is 0. The second-order valence-electron chi connectivity index (χ2n) is 9.38. The molecule has 1 saturated heterocycles. The third-order valence-electron chi connectivity index (χ3n) is 6.39. The van der Waals surface area contributed by atoms with Gasteiger partial charge in [-0.1, -0.05) is 45.5 Å². The fraction of sp³-hybridized carbons (Fsp3) is 0.440. The molecular weight excluding hydrogens is 404 g/mol. The number of nitrogens with zero attached hydrogens (tertiary/aromatic N) is 1. The van der Waals surface area contributed by atoms with Gasteiger partial charge in [0.1, 0.15) is 0 Å². The maximum atomic E-state index is 13.2. The number of rotatable bonds is 5. The van der Waals surface area contributed by atoms with Crippen LogP contribution >= 0.6 is 0 Å². The summed E-state index contributed by atoms with van der Waals surface area (Å²) in [7, 11) is 0. The minimum absolute atomic E-state index is 0.0921. The van der Waals surface area contributed by atoms with Gasteiger partial charge in [-0.05, 0) is 30.5 Å². The number of benzene rings is 1. The largest absolute Gasteiger partial charge is 0.459 e. The summed E-state index contributed by atoms with van der Waals surface area (Å²) < 4.78 is 5.68. The van der Waals surface area contributed by atoms with Gasteiger partial charge in [-0.25, -0.2) is 9.59 Å². The number of amides is 2. The first-order valence-corrected chi connectivity index (χ1v) is 11.2. The summed E-state index contributed by atoms with van der Waals surface area (Å²) in [4.78, 5) is 31.3. The van der Waals surface area contributed by atoms with Crippen LogP contribution in [-0.2, 0) is 14.9 Å². The van der Waals surface area contributed by atoms with Gasteiger partial charge in [-0.15, -0.1) is 0 Å². The van der Waals surface area contributed by atoms with Crippen LogP contribution in [0.15, 0.2) is 42.6 Å². The minimum atomic E-state index is -0.434. The molecule has 170 valence electrons. The molecule has 1 fully saturated rings. The Morgan fingerprint density at radius 2 is 2.09 bits per heavy atom. The van der Waals surface area contributed by atoms with Crippen molar-refractivity contribution < 1.29 is 14.3 Å². The summed E-state index contributed by atoms with van der Waals surface area (Å²) in [6.45, 7) is 13.7. The summed E-state index contributed by atoms with van der Waals surface area (Å²) in [5.74, 6) is -0.434. The van der Waals surface area contributed by atoms with E-state index in [1.165, 1.54) is 0 Å². The Kier molecular flexibility index (Phi) is 5.86. The lowest BCUT2D eigenvalue weighted by Gasteiger charge is -2.33. The van der Waals surface area contributed by atoms with Crippen LogP contribution in [0, 0.1) is 0 Å². The Hall–Kier alpha value is -3.06. The topological polar surface area (TPSA) is 86.5 Å². The van der Waals surface area contributed by atoms with Crippen LogP contribution in [0.25, 0.3) is 16.5 Å². The van der Waals surface area contributed by atoms with E-state index in [2.05, 4.69) is 36.0 Å². The monoisotopic (exact) mass is 436 g/mol. The van der Waals surface area contributed by atoms with Gasteiger partial charge in [0.05, 0.1) is 17.4 Å². The van der Waals surface area contributed by atoms with Crippen molar-refractivity contribution in [2.75, 3.05) is 19.6 Å². The second-order valence-corrected chi connectivity index (χ2v) is 9.38. The third kappa shape index (κ3) is 4.05. The molecule has 2 aliphatic heterocycles. The van der Waals surface area contributed by atoms with Crippen molar-refractivity contribution in [3.63, 3.8) is 0 Å². The van der Waals surface area contributed by atoms with Crippen molar-refractivity contribution in [1.82, 2.24) is 20.5 Å². The van der Waals surface area contributed by atoms with E-state index in [1.54, 1.807) is 11.1 Å². The van der Waals surface area contributed by atoms with E-state index in [1.807, 2.05) is 38.1 Å². The molecule has 0 bridgehead atoms. The Bertz CT molecular complexity index is 1100. The van der Waals surface area contributed by atoms with Crippen molar-refractivity contribution >= 4 is 28.5 Å². The average Bonchev–Trinajstić information content (AvgIpc) is 3.09. The first-order valence-electron chi connectivity index (χ1n) is 11.2. The molecule has 0 saturated carbocycles. The number of fused-ring (bicyclic) bond motifs is 3. The molecule has 0 radical (unpaired) electrons. The highest BCUT2D eigenvalue weighted by Gasteiger charge is 2.37. The Morgan fingerprint density at radius 1 is 1.34 bits per heavy atom. The Labute approximate surface area is 188 Å². The van der Waals surface area contributed by atoms with Gasteiger partial charge in [0.15, 0.2) is 0 Å². The van der Waals surface area contributed by atoms with Gasteiger partial charge in [-0.2, -0.15) is 0 Å². The van der Waals surface area contributed by atoms with Crippen LogP contribution in [0.1, 0.15) is 45.4 Å². The molecule has 0 spiro atoms. The standard InChI is InChI=1S/C25H32N4O3/c1-6-16(3)32-23(30)18-13-29(24(31)27-12-20-15(2)11-26-20)14-25(4,5)21-17-9-7-8-10-19(17)28-22(18)21/h7-10,13,16,20,26,28H,2,6,11-12,14H2,1,3-5H3,(H,27,31)/t16?,20-/m1/s1. The quantitative estimate of drug-likeness (QED) is 0.493. The van der Waals surface area contributed by atoms with Crippen molar-refractivity contribution in [2.24, 2.45) is 0 Å². The first kappa shape index (κ1) is 22.1. The lowest BCUT2D eigenvalue weighted by atomic mass is 9.82. The van der Waals surface area contributed by atoms with Crippen LogP contribution in [0.5, 0.6) is 0 Å². The molecule has 7 heteroatoms. The van der Waals surface area contributed by atoms with Crippen LogP contribution in [0.2, 0.25) is 0 Å². The van der Waals surface area contributed by atoms with E-state index < -0.39 is 11.4 Å². The first-order chi connectivity index (χ1) is 15.2. The van der Waals surface area contributed by atoms with Gasteiger partial charge in [0.25, 0.3) is 0 Å². The normalized spacial score (nSPS) is 20.6. The number of para-hydroxylation sites is 1. The highest BCUT2D eigenvalue weighted by Crippen LogP contribution is 2.40. The zero-order valence-corrected chi connectivity index (χ0v) is 19.2. The minimum Gasteiger partial charge on any atom is -0.459 e. The van der Waals surface area contributed by atoms with Gasteiger partial charge in [-0.3, -0.25) is 4.90 Å². The van der Waals surface area contributed by atoms with Crippen LogP contribution in [-0.4, -0.2) is 53.7 Å². The van der Waals surface area contributed by atoms with Crippen LogP contribution in [0.4, 0.5) is 4.79 Å². The molecule has 2 aromatic rings. The van der Waals surface area contributed by atoms with Gasteiger partial charge < -0.3 is 20.4 Å². The van der Waals surface area contributed by atoms with E-state index in [0.717, 1.165) is 28.6 Å². The van der Waals surface area contributed by atoms with Gasteiger partial charge >= 0.3 is 12.0 Å². The van der Waals surface area contributed by atoms with Gasteiger partial charge in [0.2, 0.25) is 0 Å². The number of nitrogens with one attached hydrogen (secondary N) is 3. The van der Waals surface area contributed by atoms with E-state index >= 15 is 0 Å². The maximum absolute atomic E-state index is 13.2. The SMILES string of the molecule is C=C1CN[C@@H]1CNC(=O)N1C=C(C(=O)OC(C)CC)c2[nH]c3ccccc3c2C(C)(C)C1. The molecule has 2 atom stereocenters. The molecule has 4 rings (SSSR count). The van der Waals surface area contributed by atoms with E-state index in [4.69, 9.17) is 4.74 Å². The molecule has 2 aliphatic rings. The second kappa shape index (κ2) is 8.47. The van der Waals surface area contributed by atoms with Crippen molar-refractivity contribution in [1.29, 1.82) is 0 Å². The number of esters is 1. The number of carbonyl (C=O) groups is 2. The summed E-state index contributed by atoms with van der Waals surface area (Å²) in [6, 6.07) is 7.85. The molecular formula is C25H32N4O3. The number of carbonyl (C=O) groups excluding carboxylic acids is 2. The van der Waals surface area contributed by atoms with Gasteiger partial charge in [0, 0.05) is 48.2 Å². The summed E-state index contributed by atoms with van der Waals surface area (Å²) in [6.07, 6.45) is 2.13. The zero-order chi connectivity index (χ0) is 23.0. The van der Waals surface area contributed by atoms with Crippen LogP contribution < -0.4 is 10.6 Å². The fourth-order valence-electron chi connectivity index (χ4n) is 4.33. The van der Waals surface area contributed by atoms with E-state index in [9.17, 15) is 9.59 Å².